The van der Waals surface area contributed by atoms with Crippen molar-refractivity contribution in [1.82, 2.24) is 24.9 Å². The summed E-state index contributed by atoms with van der Waals surface area (Å²) in [4.78, 5) is 21.9. The number of rotatable bonds is 7. The molecular formula is C30H24N6O. The second-order valence-electron chi connectivity index (χ2n) is 8.58. The summed E-state index contributed by atoms with van der Waals surface area (Å²) in [6, 6.07) is 26.0. The largest absolute Gasteiger partial charge is 0.497 e. The number of methoxy groups -OCH3 is 1. The van der Waals surface area contributed by atoms with E-state index in [0.717, 1.165) is 33.7 Å². The molecule has 7 nitrogen and oxygen atoms in total. The molecule has 7 heteroatoms. The Morgan fingerprint density at radius 3 is 2.62 bits per heavy atom. The van der Waals surface area contributed by atoms with Crippen molar-refractivity contribution in [2.45, 2.75) is 6.54 Å². The molecule has 0 aliphatic carbocycles. The fourth-order valence-corrected chi connectivity index (χ4v) is 4.33. The van der Waals surface area contributed by atoms with Gasteiger partial charge in [0.1, 0.15) is 17.3 Å². The lowest BCUT2D eigenvalue weighted by atomic mass is 10.0. The highest BCUT2D eigenvalue weighted by atomic mass is 16.5. The van der Waals surface area contributed by atoms with E-state index in [-0.39, 0.29) is 0 Å². The minimum Gasteiger partial charge on any atom is -0.497 e. The van der Waals surface area contributed by atoms with E-state index in [0.29, 0.717) is 23.9 Å². The molecule has 2 aromatic carbocycles. The first kappa shape index (κ1) is 22.4. The second-order valence-corrected chi connectivity index (χ2v) is 8.58. The maximum absolute atomic E-state index is 5.40. The fourth-order valence-electron chi connectivity index (χ4n) is 4.33. The van der Waals surface area contributed by atoms with Crippen molar-refractivity contribution in [2.24, 2.45) is 0 Å². The predicted molar refractivity (Wildman–Crippen MR) is 146 cm³/mol. The van der Waals surface area contributed by atoms with Crippen LogP contribution in [-0.2, 0) is 6.54 Å². The van der Waals surface area contributed by atoms with E-state index < -0.39 is 0 Å². The van der Waals surface area contributed by atoms with Gasteiger partial charge in [-0.15, -0.1) is 0 Å². The van der Waals surface area contributed by atoms with Crippen LogP contribution in [0.15, 0.2) is 104 Å². The van der Waals surface area contributed by atoms with Crippen LogP contribution in [-0.4, -0.2) is 32.0 Å². The standard InChI is InChI=1S/C30H24N6O/c1-37-24-8-4-6-20(15-24)22-14-23(18-31-17-22)28-16-29(36-30(35-28)27-9-2-3-12-32-27)34-19-21-7-5-10-26-25(21)11-13-33-26/h2-18,33H,19H2,1H3,(H,34,35,36). The lowest BCUT2D eigenvalue weighted by Gasteiger charge is -2.12. The monoisotopic (exact) mass is 484 g/mol. The fraction of sp³-hybridized carbons (Fsp3) is 0.0667. The molecule has 0 bridgehead atoms. The maximum Gasteiger partial charge on any atom is 0.180 e. The first-order valence-electron chi connectivity index (χ1n) is 12.0. The third kappa shape index (κ3) is 4.75. The van der Waals surface area contributed by atoms with Crippen molar-refractivity contribution >= 4 is 16.7 Å². The van der Waals surface area contributed by atoms with Gasteiger partial charge in [0, 0.05) is 59.4 Å². The summed E-state index contributed by atoms with van der Waals surface area (Å²) in [5.41, 5.74) is 6.63. The summed E-state index contributed by atoms with van der Waals surface area (Å²) in [7, 11) is 1.67. The first-order valence-corrected chi connectivity index (χ1v) is 12.0. The van der Waals surface area contributed by atoms with Gasteiger partial charge in [0.25, 0.3) is 0 Å². The number of nitrogens with zero attached hydrogens (tertiary/aromatic N) is 4. The highest BCUT2D eigenvalue weighted by Crippen LogP contribution is 2.29. The van der Waals surface area contributed by atoms with Crippen LogP contribution in [0.1, 0.15) is 5.56 Å². The molecule has 0 radical (unpaired) electrons. The van der Waals surface area contributed by atoms with E-state index in [9.17, 15) is 0 Å². The minimum atomic E-state index is 0.548. The van der Waals surface area contributed by atoms with Crippen LogP contribution in [0, 0.1) is 0 Å². The van der Waals surface area contributed by atoms with Crippen LogP contribution >= 0.6 is 0 Å². The quantitative estimate of drug-likeness (QED) is 0.274. The lowest BCUT2D eigenvalue weighted by Crippen LogP contribution is -2.05. The molecule has 0 spiro atoms. The van der Waals surface area contributed by atoms with Crippen LogP contribution in [0.25, 0.3) is 44.8 Å². The second kappa shape index (κ2) is 9.91. The number of nitrogens with one attached hydrogen (secondary N) is 2. The number of aromatic nitrogens is 5. The van der Waals surface area contributed by atoms with Gasteiger partial charge in [0.15, 0.2) is 5.82 Å². The number of aromatic amines is 1. The van der Waals surface area contributed by atoms with Gasteiger partial charge in [-0.25, -0.2) is 9.97 Å². The Morgan fingerprint density at radius 2 is 1.73 bits per heavy atom. The number of anilines is 1. The molecule has 0 aliphatic rings. The van der Waals surface area contributed by atoms with Crippen molar-refractivity contribution in [3.05, 3.63) is 109 Å². The number of pyridine rings is 2. The number of hydrogen-bond donors (Lipinski definition) is 2. The summed E-state index contributed by atoms with van der Waals surface area (Å²) in [5.74, 6) is 2.06. The van der Waals surface area contributed by atoms with Crippen molar-refractivity contribution in [3.63, 3.8) is 0 Å². The number of benzene rings is 2. The van der Waals surface area contributed by atoms with Gasteiger partial charge in [-0.2, -0.15) is 0 Å². The smallest absolute Gasteiger partial charge is 0.180 e. The zero-order valence-corrected chi connectivity index (χ0v) is 20.2. The summed E-state index contributed by atoms with van der Waals surface area (Å²) in [6.07, 6.45) is 7.36. The van der Waals surface area contributed by atoms with Crippen molar-refractivity contribution in [1.29, 1.82) is 0 Å². The molecule has 0 aliphatic heterocycles. The molecule has 0 saturated heterocycles. The summed E-state index contributed by atoms with van der Waals surface area (Å²) in [5, 5.41) is 4.68. The minimum absolute atomic E-state index is 0.548. The van der Waals surface area contributed by atoms with Crippen LogP contribution in [0.3, 0.4) is 0 Å². The highest BCUT2D eigenvalue weighted by molar-refractivity contribution is 5.83. The topological polar surface area (TPSA) is 88.6 Å². The van der Waals surface area contributed by atoms with Crippen molar-refractivity contribution in [2.75, 3.05) is 12.4 Å². The average molecular weight is 485 g/mol. The van der Waals surface area contributed by atoms with E-state index in [1.165, 1.54) is 10.9 Å². The molecular weight excluding hydrogens is 460 g/mol. The normalized spacial score (nSPS) is 10.9. The van der Waals surface area contributed by atoms with Gasteiger partial charge >= 0.3 is 0 Å². The van der Waals surface area contributed by atoms with Crippen molar-refractivity contribution in [3.8, 4) is 39.7 Å². The Bertz CT molecular complexity index is 1680. The predicted octanol–water partition coefficient (Wildman–Crippen LogP) is 6.37. The summed E-state index contributed by atoms with van der Waals surface area (Å²) >= 11 is 0. The van der Waals surface area contributed by atoms with Gasteiger partial charge in [0.2, 0.25) is 0 Å². The van der Waals surface area contributed by atoms with Gasteiger partial charge in [0.05, 0.1) is 12.8 Å². The molecule has 0 unspecified atom stereocenters. The molecule has 0 fully saturated rings. The Morgan fingerprint density at radius 1 is 0.811 bits per heavy atom. The van der Waals surface area contributed by atoms with E-state index in [1.807, 2.05) is 67.1 Å². The molecule has 37 heavy (non-hydrogen) atoms. The molecule has 4 heterocycles. The van der Waals surface area contributed by atoms with Crippen LogP contribution in [0.4, 0.5) is 5.82 Å². The average Bonchev–Trinajstić information content (AvgIpc) is 3.46. The Kier molecular flexibility index (Phi) is 6.01. The van der Waals surface area contributed by atoms with E-state index >= 15 is 0 Å². The molecule has 0 saturated carbocycles. The van der Waals surface area contributed by atoms with Gasteiger partial charge in [-0.05, 0) is 53.6 Å². The Hall–Kier alpha value is -5.04. The molecule has 2 N–H and O–H groups in total. The zero-order valence-electron chi connectivity index (χ0n) is 20.2. The van der Waals surface area contributed by atoms with E-state index in [4.69, 9.17) is 14.7 Å². The number of fused-ring (bicyclic) bond motifs is 1. The van der Waals surface area contributed by atoms with E-state index in [1.54, 1.807) is 13.3 Å². The molecule has 180 valence electrons. The zero-order chi connectivity index (χ0) is 25.0. The van der Waals surface area contributed by atoms with Crippen LogP contribution in [0.2, 0.25) is 0 Å². The SMILES string of the molecule is COc1cccc(-c2cncc(-c3cc(NCc4cccc5[nH]ccc45)nc(-c4ccccn4)n3)c2)c1. The molecule has 4 aromatic heterocycles. The third-order valence-corrected chi connectivity index (χ3v) is 6.20. The Labute approximate surface area is 214 Å². The van der Waals surface area contributed by atoms with Gasteiger partial charge < -0.3 is 15.0 Å². The number of hydrogen-bond acceptors (Lipinski definition) is 6. The first-order chi connectivity index (χ1) is 18.3. The third-order valence-electron chi connectivity index (χ3n) is 6.20. The molecule has 0 amide bonds. The maximum atomic E-state index is 5.40. The van der Waals surface area contributed by atoms with E-state index in [2.05, 4.69) is 50.6 Å². The molecule has 0 atom stereocenters. The lowest BCUT2D eigenvalue weighted by molar-refractivity contribution is 0.415. The number of ether oxygens (including phenoxy) is 1. The van der Waals surface area contributed by atoms with Gasteiger partial charge in [-0.3, -0.25) is 9.97 Å². The Balaban J connectivity index is 1.39. The highest BCUT2D eigenvalue weighted by Gasteiger charge is 2.12. The number of H-pyrrole nitrogens is 1. The van der Waals surface area contributed by atoms with Gasteiger partial charge in [-0.1, -0.05) is 30.3 Å². The summed E-state index contributed by atoms with van der Waals surface area (Å²) < 4.78 is 5.40. The van der Waals surface area contributed by atoms with Crippen LogP contribution < -0.4 is 10.1 Å². The summed E-state index contributed by atoms with van der Waals surface area (Å²) in [6.45, 7) is 0.620. The van der Waals surface area contributed by atoms with Crippen molar-refractivity contribution < 1.29 is 4.74 Å². The van der Waals surface area contributed by atoms with Crippen LogP contribution in [0.5, 0.6) is 5.75 Å². The molecule has 6 rings (SSSR count). The molecule has 6 aromatic rings.